The molecule has 0 unspecified atom stereocenters. The number of piperidine rings is 1. The van der Waals surface area contributed by atoms with E-state index >= 15 is 0 Å². The minimum Gasteiger partial charge on any atom is -0.343 e. The largest absolute Gasteiger partial charge is 0.343 e. The molecule has 1 fully saturated rings. The summed E-state index contributed by atoms with van der Waals surface area (Å²) in [5, 5.41) is 0. The smallest absolute Gasteiger partial charge is 0.240 e. The minimum atomic E-state index is -3.68. The van der Waals surface area contributed by atoms with Crippen molar-refractivity contribution in [3.63, 3.8) is 0 Å². The maximum Gasteiger partial charge on any atom is 0.240 e. The van der Waals surface area contributed by atoms with Crippen molar-refractivity contribution in [2.24, 2.45) is 0 Å². The minimum absolute atomic E-state index is 0.0465. The van der Waals surface area contributed by atoms with E-state index in [0.717, 1.165) is 17.7 Å². The predicted molar refractivity (Wildman–Crippen MR) is 101 cm³/mol. The van der Waals surface area contributed by atoms with E-state index in [-0.39, 0.29) is 16.8 Å². The van der Waals surface area contributed by atoms with E-state index in [0.29, 0.717) is 38.8 Å². The maximum atomic E-state index is 13.0. The van der Waals surface area contributed by atoms with Crippen molar-refractivity contribution in [1.29, 1.82) is 0 Å². The van der Waals surface area contributed by atoms with E-state index in [1.165, 1.54) is 12.1 Å². The topological polar surface area (TPSA) is 66.5 Å². The molecule has 1 heterocycles. The van der Waals surface area contributed by atoms with Crippen molar-refractivity contribution in [2.45, 2.75) is 36.6 Å². The van der Waals surface area contributed by atoms with Crippen molar-refractivity contribution in [3.05, 3.63) is 66.0 Å². The lowest BCUT2D eigenvalue weighted by Crippen LogP contribution is -2.46. The van der Waals surface area contributed by atoms with Gasteiger partial charge in [-0.2, -0.15) is 0 Å². The van der Waals surface area contributed by atoms with Gasteiger partial charge in [0.1, 0.15) is 5.82 Å². The van der Waals surface area contributed by atoms with Crippen LogP contribution in [-0.4, -0.2) is 38.4 Å². The summed E-state index contributed by atoms with van der Waals surface area (Å²) in [7, 11) is -3.68. The lowest BCUT2D eigenvalue weighted by atomic mass is 10.0. The van der Waals surface area contributed by atoms with E-state index in [4.69, 9.17) is 0 Å². The second kappa shape index (κ2) is 8.63. The van der Waals surface area contributed by atoms with Crippen LogP contribution in [0.1, 0.15) is 24.8 Å². The number of carbonyl (C=O) groups excluding carboxylic acids is 1. The van der Waals surface area contributed by atoms with Gasteiger partial charge >= 0.3 is 0 Å². The molecule has 0 radical (unpaired) electrons. The number of aryl methyl sites for hydroxylation is 1. The zero-order valence-corrected chi connectivity index (χ0v) is 15.8. The molecule has 2 aromatic carbocycles. The number of nitrogens with one attached hydrogen (secondary N) is 1. The molecule has 2 aromatic rings. The third-order valence-corrected chi connectivity index (χ3v) is 6.30. The summed E-state index contributed by atoms with van der Waals surface area (Å²) in [6, 6.07) is 14.4. The first-order chi connectivity index (χ1) is 12.9. The zero-order valence-electron chi connectivity index (χ0n) is 15.0. The molecule has 0 atom stereocenters. The van der Waals surface area contributed by atoms with E-state index < -0.39 is 15.8 Å². The number of sulfonamides is 1. The van der Waals surface area contributed by atoms with Gasteiger partial charge in [-0.25, -0.2) is 17.5 Å². The molecular weight excluding hydrogens is 367 g/mol. The molecule has 0 bridgehead atoms. The van der Waals surface area contributed by atoms with Gasteiger partial charge in [0.05, 0.1) is 4.90 Å². The van der Waals surface area contributed by atoms with Gasteiger partial charge < -0.3 is 4.90 Å². The molecule has 3 rings (SSSR count). The Labute approximate surface area is 159 Å². The molecule has 1 aliphatic rings. The molecule has 27 heavy (non-hydrogen) atoms. The van der Waals surface area contributed by atoms with E-state index in [2.05, 4.69) is 4.72 Å². The summed E-state index contributed by atoms with van der Waals surface area (Å²) in [4.78, 5) is 14.2. The lowest BCUT2D eigenvalue weighted by Gasteiger charge is -2.32. The van der Waals surface area contributed by atoms with Crippen LogP contribution >= 0.6 is 0 Å². The normalized spacial score (nSPS) is 15.7. The molecule has 0 spiro atoms. The fourth-order valence-electron chi connectivity index (χ4n) is 3.20. The third-order valence-electron chi connectivity index (χ3n) is 4.76. The first kappa shape index (κ1) is 19.5. The second-order valence-electron chi connectivity index (χ2n) is 6.72. The van der Waals surface area contributed by atoms with Crippen LogP contribution in [0.25, 0.3) is 0 Å². The lowest BCUT2D eigenvalue weighted by molar-refractivity contribution is -0.132. The highest BCUT2D eigenvalue weighted by atomic mass is 32.2. The highest BCUT2D eigenvalue weighted by Crippen LogP contribution is 2.16. The second-order valence-corrected chi connectivity index (χ2v) is 8.43. The van der Waals surface area contributed by atoms with Gasteiger partial charge in [-0.3, -0.25) is 4.79 Å². The number of nitrogens with zero attached hydrogens (tertiary/aromatic N) is 1. The average molecular weight is 390 g/mol. The monoisotopic (exact) mass is 390 g/mol. The van der Waals surface area contributed by atoms with Gasteiger partial charge in [0.15, 0.2) is 0 Å². The third kappa shape index (κ3) is 5.37. The number of rotatable bonds is 6. The Morgan fingerprint density at radius 2 is 1.67 bits per heavy atom. The fraction of sp³-hybridized carbons (Fsp3) is 0.350. The average Bonchev–Trinajstić information content (AvgIpc) is 2.67. The van der Waals surface area contributed by atoms with Crippen LogP contribution in [0.4, 0.5) is 4.39 Å². The molecule has 1 N–H and O–H groups in total. The highest BCUT2D eigenvalue weighted by molar-refractivity contribution is 7.89. The summed E-state index contributed by atoms with van der Waals surface area (Å²) in [5.74, 6) is -0.380. The maximum absolute atomic E-state index is 13.0. The number of benzene rings is 2. The summed E-state index contributed by atoms with van der Waals surface area (Å²) in [6.07, 6.45) is 2.29. The number of likely N-dealkylation sites (tertiary alicyclic amines) is 1. The Morgan fingerprint density at radius 3 is 2.30 bits per heavy atom. The molecule has 0 aliphatic carbocycles. The van der Waals surface area contributed by atoms with Crippen molar-refractivity contribution >= 4 is 15.9 Å². The van der Waals surface area contributed by atoms with Crippen LogP contribution in [0, 0.1) is 5.82 Å². The predicted octanol–water partition coefficient (Wildman–Crippen LogP) is 2.73. The molecular formula is C20H23FN2O3S. The van der Waals surface area contributed by atoms with Gasteiger partial charge in [0.25, 0.3) is 0 Å². The number of carbonyl (C=O) groups is 1. The van der Waals surface area contributed by atoms with Crippen LogP contribution < -0.4 is 4.72 Å². The quantitative estimate of drug-likeness (QED) is 0.825. The highest BCUT2D eigenvalue weighted by Gasteiger charge is 2.26. The van der Waals surface area contributed by atoms with Crippen LogP contribution in [0.5, 0.6) is 0 Å². The van der Waals surface area contributed by atoms with Gasteiger partial charge in [-0.05, 0) is 49.1 Å². The SMILES string of the molecule is O=C(CCc1ccccc1)N1CCC(NS(=O)(=O)c2ccc(F)cc2)CC1. The molecule has 5 nitrogen and oxygen atoms in total. The fourth-order valence-corrected chi connectivity index (χ4v) is 4.51. The number of hydrogen-bond donors (Lipinski definition) is 1. The number of hydrogen-bond acceptors (Lipinski definition) is 3. The van der Waals surface area contributed by atoms with Gasteiger partial charge in [-0.15, -0.1) is 0 Å². The van der Waals surface area contributed by atoms with E-state index in [9.17, 15) is 17.6 Å². The Balaban J connectivity index is 1.48. The molecule has 7 heteroatoms. The first-order valence-electron chi connectivity index (χ1n) is 9.04. The first-order valence-corrected chi connectivity index (χ1v) is 10.5. The summed E-state index contributed by atoms with van der Waals surface area (Å²) < 4.78 is 40.4. The molecule has 1 saturated heterocycles. The Hall–Kier alpha value is -2.25. The van der Waals surface area contributed by atoms with Crippen LogP contribution in [-0.2, 0) is 21.2 Å². The Bertz CT molecular complexity index is 862. The summed E-state index contributed by atoms with van der Waals surface area (Å²) in [6.45, 7) is 1.06. The number of halogens is 1. The summed E-state index contributed by atoms with van der Waals surface area (Å²) in [5.41, 5.74) is 1.13. The van der Waals surface area contributed by atoms with Gasteiger partial charge in [0, 0.05) is 25.6 Å². The molecule has 0 aromatic heterocycles. The molecule has 0 saturated carbocycles. The molecule has 1 amide bonds. The van der Waals surface area contributed by atoms with Gasteiger partial charge in [-0.1, -0.05) is 30.3 Å². The van der Waals surface area contributed by atoms with Crippen LogP contribution in [0.15, 0.2) is 59.5 Å². The number of amides is 1. The molecule has 1 aliphatic heterocycles. The Kier molecular flexibility index (Phi) is 6.23. The van der Waals surface area contributed by atoms with Crippen molar-refractivity contribution in [3.8, 4) is 0 Å². The van der Waals surface area contributed by atoms with Crippen LogP contribution in [0.3, 0.4) is 0 Å². The van der Waals surface area contributed by atoms with Crippen molar-refractivity contribution in [1.82, 2.24) is 9.62 Å². The Morgan fingerprint density at radius 1 is 1.04 bits per heavy atom. The van der Waals surface area contributed by atoms with E-state index in [1.54, 1.807) is 4.90 Å². The van der Waals surface area contributed by atoms with E-state index in [1.807, 2.05) is 30.3 Å². The van der Waals surface area contributed by atoms with Gasteiger partial charge in [0.2, 0.25) is 15.9 Å². The summed E-state index contributed by atoms with van der Waals surface area (Å²) >= 11 is 0. The van der Waals surface area contributed by atoms with Crippen LogP contribution in [0.2, 0.25) is 0 Å². The van der Waals surface area contributed by atoms with Crippen molar-refractivity contribution < 1.29 is 17.6 Å². The standard InChI is InChI=1S/C20H23FN2O3S/c21-17-7-9-19(10-8-17)27(25,26)22-18-12-14-23(15-13-18)20(24)11-6-16-4-2-1-3-5-16/h1-5,7-10,18,22H,6,11-15H2. The zero-order chi connectivity index (χ0) is 19.3. The molecule has 144 valence electrons. The van der Waals surface area contributed by atoms with Crippen molar-refractivity contribution in [2.75, 3.05) is 13.1 Å².